The zero-order valence-electron chi connectivity index (χ0n) is 16.2. The van der Waals surface area contributed by atoms with E-state index in [1.807, 2.05) is 11.9 Å². The van der Waals surface area contributed by atoms with Crippen LogP contribution in [-0.2, 0) is 11.2 Å². The molecule has 0 bridgehead atoms. The minimum Gasteiger partial charge on any atom is -0.338 e. The lowest BCUT2D eigenvalue weighted by Crippen LogP contribution is -2.52. The molecule has 4 nitrogen and oxygen atoms in total. The van der Waals surface area contributed by atoms with Gasteiger partial charge in [-0.05, 0) is 43.2 Å². The Balaban J connectivity index is 1.31. The van der Waals surface area contributed by atoms with E-state index in [-0.39, 0.29) is 11.9 Å². The first-order valence-corrected chi connectivity index (χ1v) is 10.5. The fourth-order valence-electron chi connectivity index (χ4n) is 5.16. The van der Waals surface area contributed by atoms with Gasteiger partial charge < -0.3 is 4.90 Å². The number of benzene rings is 1. The Hall–Kier alpha value is -1.39. The van der Waals surface area contributed by atoms with E-state index < -0.39 is 0 Å². The number of fused-ring (bicyclic) bond motifs is 1. The van der Waals surface area contributed by atoms with Crippen molar-refractivity contribution >= 4 is 5.91 Å². The number of likely N-dealkylation sites (N-methyl/N-ethyl adjacent to an activating group) is 1. The highest BCUT2D eigenvalue weighted by Gasteiger charge is 2.30. The number of aryl methyl sites for hydroxylation is 1. The van der Waals surface area contributed by atoms with E-state index in [1.54, 1.807) is 0 Å². The highest BCUT2D eigenvalue weighted by molar-refractivity contribution is 5.78. The Labute approximate surface area is 158 Å². The van der Waals surface area contributed by atoms with Gasteiger partial charge in [0.25, 0.3) is 0 Å². The fraction of sp³-hybridized carbons (Fsp3) is 0.682. The summed E-state index contributed by atoms with van der Waals surface area (Å²) >= 11 is 0. The van der Waals surface area contributed by atoms with Gasteiger partial charge in [-0.2, -0.15) is 0 Å². The molecule has 2 fully saturated rings. The summed E-state index contributed by atoms with van der Waals surface area (Å²) in [6.07, 6.45) is 8.98. The summed E-state index contributed by atoms with van der Waals surface area (Å²) in [4.78, 5) is 20.0. The van der Waals surface area contributed by atoms with Gasteiger partial charge in [-0.15, -0.1) is 0 Å². The smallest absolute Gasteiger partial charge is 0.237 e. The number of carbonyl (C=O) groups excluding carboxylic acids is 1. The average molecular weight is 356 g/mol. The maximum absolute atomic E-state index is 12.9. The van der Waals surface area contributed by atoms with Crippen molar-refractivity contribution in [2.45, 2.75) is 57.0 Å². The van der Waals surface area contributed by atoms with Gasteiger partial charge in [0.05, 0.1) is 12.6 Å². The third-order valence-electron chi connectivity index (χ3n) is 6.81. The fourth-order valence-corrected chi connectivity index (χ4v) is 5.16. The van der Waals surface area contributed by atoms with Crippen LogP contribution >= 0.6 is 0 Å². The first-order chi connectivity index (χ1) is 12.7. The van der Waals surface area contributed by atoms with Crippen molar-refractivity contribution in [1.29, 1.82) is 0 Å². The summed E-state index contributed by atoms with van der Waals surface area (Å²) in [5, 5.41) is 0. The molecule has 1 aromatic rings. The van der Waals surface area contributed by atoms with Crippen LogP contribution in [0.15, 0.2) is 24.3 Å². The Kier molecular flexibility index (Phi) is 5.60. The molecule has 0 aromatic heterocycles. The molecule has 1 unspecified atom stereocenters. The number of amides is 1. The molecule has 1 aliphatic heterocycles. The van der Waals surface area contributed by atoms with E-state index in [0.717, 1.165) is 45.1 Å². The highest BCUT2D eigenvalue weighted by atomic mass is 16.2. The standard InChI is InChI=1S/C22H33N3O/c1-23(21-12-6-8-18-7-2-5-11-20(18)21)22(26)17-24-13-15-25(16-14-24)19-9-3-4-10-19/h2,5,7,11,19,21H,3-4,6,8-10,12-17H2,1H3. The second-order valence-electron chi connectivity index (χ2n) is 8.36. The van der Waals surface area contributed by atoms with Gasteiger partial charge in [0, 0.05) is 39.3 Å². The molecular formula is C22H33N3O. The molecular weight excluding hydrogens is 322 g/mol. The maximum atomic E-state index is 12.9. The van der Waals surface area contributed by atoms with Crippen molar-refractivity contribution in [3.05, 3.63) is 35.4 Å². The third kappa shape index (κ3) is 3.81. The van der Waals surface area contributed by atoms with E-state index in [1.165, 1.54) is 43.2 Å². The monoisotopic (exact) mass is 355 g/mol. The second kappa shape index (κ2) is 8.10. The van der Waals surface area contributed by atoms with Crippen LogP contribution in [0.4, 0.5) is 0 Å². The summed E-state index contributed by atoms with van der Waals surface area (Å²) in [6.45, 7) is 4.92. The number of nitrogens with zero attached hydrogens (tertiary/aromatic N) is 3. The third-order valence-corrected chi connectivity index (χ3v) is 6.81. The molecule has 1 heterocycles. The number of carbonyl (C=O) groups is 1. The molecule has 0 N–H and O–H groups in total. The first-order valence-electron chi connectivity index (χ1n) is 10.5. The van der Waals surface area contributed by atoms with Crippen LogP contribution in [0.2, 0.25) is 0 Å². The molecule has 1 amide bonds. The van der Waals surface area contributed by atoms with Crippen LogP contribution < -0.4 is 0 Å². The van der Waals surface area contributed by atoms with Crippen molar-refractivity contribution < 1.29 is 4.79 Å². The lowest BCUT2D eigenvalue weighted by molar-refractivity contribution is -0.134. The Morgan fingerprint density at radius 1 is 1.04 bits per heavy atom. The molecule has 142 valence electrons. The van der Waals surface area contributed by atoms with Crippen LogP contribution in [0.25, 0.3) is 0 Å². The summed E-state index contributed by atoms with van der Waals surface area (Å²) in [6, 6.07) is 9.73. The zero-order chi connectivity index (χ0) is 17.9. The van der Waals surface area contributed by atoms with Crippen LogP contribution in [0.3, 0.4) is 0 Å². The number of hydrogen-bond donors (Lipinski definition) is 0. The molecule has 1 saturated heterocycles. The summed E-state index contributed by atoms with van der Waals surface area (Å²) in [7, 11) is 2.00. The number of piperazine rings is 1. The van der Waals surface area contributed by atoms with Crippen LogP contribution in [0.5, 0.6) is 0 Å². The van der Waals surface area contributed by atoms with Crippen molar-refractivity contribution in [3.8, 4) is 0 Å². The topological polar surface area (TPSA) is 26.8 Å². The lowest BCUT2D eigenvalue weighted by Gasteiger charge is -2.39. The summed E-state index contributed by atoms with van der Waals surface area (Å²) in [5.41, 5.74) is 2.79. The van der Waals surface area contributed by atoms with Gasteiger partial charge in [-0.25, -0.2) is 0 Å². The van der Waals surface area contributed by atoms with Gasteiger partial charge in [-0.1, -0.05) is 37.1 Å². The Morgan fingerprint density at radius 3 is 2.54 bits per heavy atom. The predicted molar refractivity (Wildman–Crippen MR) is 105 cm³/mol. The minimum atomic E-state index is 0.257. The van der Waals surface area contributed by atoms with Crippen LogP contribution in [0.1, 0.15) is 55.7 Å². The average Bonchev–Trinajstić information content (AvgIpc) is 3.22. The molecule has 26 heavy (non-hydrogen) atoms. The molecule has 4 rings (SSSR count). The molecule has 1 atom stereocenters. The lowest BCUT2D eigenvalue weighted by atomic mass is 9.87. The quantitative estimate of drug-likeness (QED) is 0.830. The van der Waals surface area contributed by atoms with Crippen molar-refractivity contribution in [2.75, 3.05) is 39.8 Å². The minimum absolute atomic E-state index is 0.257. The van der Waals surface area contributed by atoms with Gasteiger partial charge in [-0.3, -0.25) is 14.6 Å². The molecule has 1 saturated carbocycles. The van der Waals surface area contributed by atoms with Gasteiger partial charge in [0.15, 0.2) is 0 Å². The Bertz CT molecular complexity index is 618. The van der Waals surface area contributed by atoms with Crippen LogP contribution in [-0.4, -0.2) is 66.4 Å². The zero-order valence-corrected chi connectivity index (χ0v) is 16.2. The van der Waals surface area contributed by atoms with Crippen molar-refractivity contribution in [3.63, 3.8) is 0 Å². The maximum Gasteiger partial charge on any atom is 0.237 e. The first kappa shape index (κ1) is 18.0. The molecule has 0 spiro atoms. The number of rotatable bonds is 4. The van der Waals surface area contributed by atoms with Crippen molar-refractivity contribution in [1.82, 2.24) is 14.7 Å². The molecule has 1 aromatic carbocycles. The Morgan fingerprint density at radius 2 is 1.77 bits per heavy atom. The van der Waals surface area contributed by atoms with Gasteiger partial charge in [0.1, 0.15) is 0 Å². The van der Waals surface area contributed by atoms with E-state index >= 15 is 0 Å². The second-order valence-corrected chi connectivity index (χ2v) is 8.36. The normalized spacial score (nSPS) is 25.2. The van der Waals surface area contributed by atoms with Crippen LogP contribution in [0, 0.1) is 0 Å². The molecule has 3 aliphatic rings. The van der Waals surface area contributed by atoms with E-state index in [0.29, 0.717) is 6.54 Å². The van der Waals surface area contributed by atoms with E-state index in [9.17, 15) is 4.79 Å². The van der Waals surface area contributed by atoms with Gasteiger partial charge in [0.2, 0.25) is 5.91 Å². The van der Waals surface area contributed by atoms with E-state index in [4.69, 9.17) is 0 Å². The molecule has 2 aliphatic carbocycles. The molecule has 4 heteroatoms. The highest BCUT2D eigenvalue weighted by Crippen LogP contribution is 2.33. The molecule has 0 radical (unpaired) electrons. The largest absolute Gasteiger partial charge is 0.338 e. The SMILES string of the molecule is CN(C(=O)CN1CCN(C2CCCC2)CC1)C1CCCc2ccccc21. The summed E-state index contributed by atoms with van der Waals surface area (Å²) in [5.74, 6) is 0.279. The summed E-state index contributed by atoms with van der Waals surface area (Å²) < 4.78 is 0. The van der Waals surface area contributed by atoms with E-state index in [2.05, 4.69) is 34.1 Å². The predicted octanol–water partition coefficient (Wildman–Crippen LogP) is 3.08. The van der Waals surface area contributed by atoms with Gasteiger partial charge >= 0.3 is 0 Å². The van der Waals surface area contributed by atoms with Crippen molar-refractivity contribution in [2.24, 2.45) is 0 Å². The number of hydrogen-bond acceptors (Lipinski definition) is 3.